The number of hydrogen-bond acceptors (Lipinski definition) is 1. The van der Waals surface area contributed by atoms with Crippen LogP contribution in [0.5, 0.6) is 0 Å². The van der Waals surface area contributed by atoms with Crippen LogP contribution in [0.15, 0.2) is 22.7 Å². The second-order valence-corrected chi connectivity index (χ2v) is 5.18. The van der Waals surface area contributed by atoms with Crippen LogP contribution in [0.2, 0.25) is 0 Å². The second kappa shape index (κ2) is 3.35. The van der Waals surface area contributed by atoms with Crippen LogP contribution in [0.25, 0.3) is 10.9 Å². The van der Waals surface area contributed by atoms with Gasteiger partial charge in [0.2, 0.25) is 0 Å². The van der Waals surface area contributed by atoms with Gasteiger partial charge in [0.15, 0.2) is 0 Å². The Labute approximate surface area is 97.4 Å². The average Bonchev–Trinajstić information content (AvgIpc) is 2.56. The van der Waals surface area contributed by atoms with Crippen LogP contribution in [0, 0.1) is 0 Å². The number of aromatic nitrogens is 1. The molecule has 0 saturated carbocycles. The Hall–Kier alpha value is -0.800. The fraction of sp³-hybridized carbons (Fsp3) is 0.333. The summed E-state index contributed by atoms with van der Waals surface area (Å²) < 4.78 is 1.16. The molecule has 0 bridgehead atoms. The molecule has 15 heavy (non-hydrogen) atoms. The first-order chi connectivity index (χ1) is 7.24. The van der Waals surface area contributed by atoms with E-state index >= 15 is 0 Å². The van der Waals surface area contributed by atoms with E-state index in [9.17, 15) is 0 Å². The van der Waals surface area contributed by atoms with Gasteiger partial charge in [-0.2, -0.15) is 0 Å². The zero-order chi connectivity index (χ0) is 10.4. The van der Waals surface area contributed by atoms with Crippen molar-refractivity contribution in [1.82, 2.24) is 9.88 Å². The number of halogens is 1. The van der Waals surface area contributed by atoms with Gasteiger partial charge in [0.1, 0.15) is 0 Å². The van der Waals surface area contributed by atoms with Crippen molar-refractivity contribution in [2.45, 2.75) is 13.0 Å². The molecule has 3 rings (SSSR count). The van der Waals surface area contributed by atoms with Crippen LogP contribution < -0.4 is 0 Å². The predicted molar refractivity (Wildman–Crippen MR) is 66.0 cm³/mol. The summed E-state index contributed by atoms with van der Waals surface area (Å²) in [5, 5.41) is 1.37. The normalized spacial score (nSPS) is 16.9. The van der Waals surface area contributed by atoms with Gasteiger partial charge in [0.25, 0.3) is 0 Å². The number of hydrogen-bond donors (Lipinski definition) is 1. The van der Waals surface area contributed by atoms with E-state index in [1.165, 1.54) is 22.2 Å². The van der Waals surface area contributed by atoms with Gasteiger partial charge in [-0.05, 0) is 30.8 Å². The summed E-state index contributed by atoms with van der Waals surface area (Å²) >= 11 is 3.53. The standard InChI is InChI=1S/C12H13BrN2/c1-15-5-4-12-10(7-15)9-6-8(13)2-3-11(9)14-12/h2-3,6,14H,4-5,7H2,1H3. The molecule has 0 unspecified atom stereocenters. The van der Waals surface area contributed by atoms with Gasteiger partial charge in [-0.1, -0.05) is 15.9 Å². The molecule has 1 aromatic heterocycles. The van der Waals surface area contributed by atoms with Gasteiger partial charge >= 0.3 is 0 Å². The van der Waals surface area contributed by atoms with Gasteiger partial charge in [0.05, 0.1) is 0 Å². The van der Waals surface area contributed by atoms with Gasteiger partial charge in [-0.25, -0.2) is 0 Å². The van der Waals surface area contributed by atoms with Crippen LogP contribution in [0.4, 0.5) is 0 Å². The number of fused-ring (bicyclic) bond motifs is 3. The summed E-state index contributed by atoms with van der Waals surface area (Å²) in [5.74, 6) is 0. The summed E-state index contributed by atoms with van der Waals surface area (Å²) in [5.41, 5.74) is 4.15. The Morgan fingerprint density at radius 3 is 3.13 bits per heavy atom. The molecule has 3 heteroatoms. The summed E-state index contributed by atoms with van der Waals surface area (Å²) in [6.07, 6.45) is 1.14. The lowest BCUT2D eigenvalue weighted by atomic mass is 10.1. The Balaban J connectivity index is 2.25. The van der Waals surface area contributed by atoms with E-state index in [0.29, 0.717) is 0 Å². The van der Waals surface area contributed by atoms with Crippen LogP contribution in [0.1, 0.15) is 11.3 Å². The molecule has 78 valence electrons. The number of aromatic amines is 1. The van der Waals surface area contributed by atoms with E-state index < -0.39 is 0 Å². The van der Waals surface area contributed by atoms with E-state index in [1.807, 2.05) is 0 Å². The highest BCUT2D eigenvalue weighted by Crippen LogP contribution is 2.29. The molecular weight excluding hydrogens is 252 g/mol. The Kier molecular flexibility index (Phi) is 2.11. The van der Waals surface area contributed by atoms with Gasteiger partial charge in [-0.15, -0.1) is 0 Å². The van der Waals surface area contributed by atoms with Crippen LogP contribution in [0.3, 0.4) is 0 Å². The highest BCUT2D eigenvalue weighted by atomic mass is 79.9. The molecule has 2 aromatic rings. The summed E-state index contributed by atoms with van der Waals surface area (Å²) in [6.45, 7) is 2.22. The average molecular weight is 265 g/mol. The van der Waals surface area contributed by atoms with Gasteiger partial charge < -0.3 is 9.88 Å². The lowest BCUT2D eigenvalue weighted by molar-refractivity contribution is 0.313. The number of nitrogens with zero attached hydrogens (tertiary/aromatic N) is 1. The Morgan fingerprint density at radius 2 is 2.27 bits per heavy atom. The molecule has 0 fully saturated rings. The first kappa shape index (κ1) is 9.43. The molecule has 0 atom stereocenters. The SMILES string of the molecule is CN1CCc2[nH]c3ccc(Br)cc3c2C1. The van der Waals surface area contributed by atoms with Gasteiger partial charge in [0, 0.05) is 40.6 Å². The van der Waals surface area contributed by atoms with Crippen molar-refractivity contribution >= 4 is 26.8 Å². The zero-order valence-electron chi connectivity index (χ0n) is 8.68. The summed E-state index contributed by atoms with van der Waals surface area (Å²) in [4.78, 5) is 5.89. The number of likely N-dealkylation sites (N-methyl/N-ethyl adjacent to an activating group) is 1. The number of nitrogens with one attached hydrogen (secondary N) is 1. The first-order valence-electron chi connectivity index (χ1n) is 5.21. The number of H-pyrrole nitrogens is 1. The second-order valence-electron chi connectivity index (χ2n) is 4.26. The quantitative estimate of drug-likeness (QED) is 0.776. The largest absolute Gasteiger partial charge is 0.358 e. The molecule has 0 amide bonds. The van der Waals surface area contributed by atoms with E-state index in [-0.39, 0.29) is 0 Å². The van der Waals surface area contributed by atoms with Crippen LogP contribution >= 0.6 is 15.9 Å². The molecule has 2 nitrogen and oxygen atoms in total. The number of rotatable bonds is 0. The van der Waals surface area contributed by atoms with Crippen molar-refractivity contribution in [2.24, 2.45) is 0 Å². The molecular formula is C12H13BrN2. The molecule has 1 aliphatic heterocycles. The highest BCUT2D eigenvalue weighted by molar-refractivity contribution is 9.10. The third-order valence-electron chi connectivity index (χ3n) is 3.13. The minimum Gasteiger partial charge on any atom is -0.358 e. The maximum Gasteiger partial charge on any atom is 0.0460 e. The topological polar surface area (TPSA) is 19.0 Å². The fourth-order valence-electron chi connectivity index (χ4n) is 2.32. The molecule has 0 radical (unpaired) electrons. The number of benzene rings is 1. The molecule has 2 heterocycles. The van der Waals surface area contributed by atoms with E-state index in [1.54, 1.807) is 0 Å². The molecule has 1 N–H and O–H groups in total. The third-order valence-corrected chi connectivity index (χ3v) is 3.62. The lowest BCUT2D eigenvalue weighted by Crippen LogP contribution is -2.25. The first-order valence-corrected chi connectivity index (χ1v) is 6.01. The Bertz CT molecular complexity index is 516. The molecule has 0 saturated heterocycles. The van der Waals surface area contributed by atoms with Crippen molar-refractivity contribution < 1.29 is 0 Å². The fourth-order valence-corrected chi connectivity index (χ4v) is 2.68. The van der Waals surface area contributed by atoms with E-state index in [2.05, 4.69) is 51.1 Å². The van der Waals surface area contributed by atoms with Crippen molar-refractivity contribution in [3.05, 3.63) is 33.9 Å². The van der Waals surface area contributed by atoms with Crippen molar-refractivity contribution in [3.63, 3.8) is 0 Å². The van der Waals surface area contributed by atoms with E-state index in [0.717, 1.165) is 24.0 Å². The van der Waals surface area contributed by atoms with Gasteiger partial charge in [-0.3, -0.25) is 0 Å². The monoisotopic (exact) mass is 264 g/mol. The predicted octanol–water partition coefficient (Wildman–Crippen LogP) is 2.92. The zero-order valence-corrected chi connectivity index (χ0v) is 10.3. The van der Waals surface area contributed by atoms with E-state index in [4.69, 9.17) is 0 Å². The minimum atomic E-state index is 1.06. The summed E-state index contributed by atoms with van der Waals surface area (Å²) in [7, 11) is 2.18. The Morgan fingerprint density at radius 1 is 1.40 bits per heavy atom. The summed E-state index contributed by atoms with van der Waals surface area (Å²) in [6, 6.07) is 6.45. The lowest BCUT2D eigenvalue weighted by Gasteiger charge is -2.22. The maximum atomic E-state index is 3.53. The highest BCUT2D eigenvalue weighted by Gasteiger charge is 2.17. The third kappa shape index (κ3) is 1.50. The minimum absolute atomic E-state index is 1.06. The smallest absolute Gasteiger partial charge is 0.0460 e. The maximum absolute atomic E-state index is 3.53. The van der Waals surface area contributed by atoms with Crippen molar-refractivity contribution in [1.29, 1.82) is 0 Å². The van der Waals surface area contributed by atoms with Crippen molar-refractivity contribution in [2.75, 3.05) is 13.6 Å². The van der Waals surface area contributed by atoms with Crippen LogP contribution in [-0.4, -0.2) is 23.5 Å². The molecule has 1 aliphatic rings. The molecule has 1 aromatic carbocycles. The van der Waals surface area contributed by atoms with Crippen molar-refractivity contribution in [3.8, 4) is 0 Å². The molecule has 0 spiro atoms. The van der Waals surface area contributed by atoms with Crippen LogP contribution in [-0.2, 0) is 13.0 Å². The molecule has 0 aliphatic carbocycles.